The number of pyridine rings is 1. The van der Waals surface area contributed by atoms with Crippen molar-refractivity contribution in [3.63, 3.8) is 0 Å². The number of nitrogens with zero attached hydrogens (tertiary/aromatic N) is 3. The number of anilines is 4. The van der Waals surface area contributed by atoms with Crippen LogP contribution in [0.4, 0.5) is 23.0 Å². The molecule has 1 aromatic carbocycles. The number of aromatic nitrogens is 3. The molecule has 1 aliphatic heterocycles. The van der Waals surface area contributed by atoms with Gasteiger partial charge in [0.1, 0.15) is 17.0 Å². The Morgan fingerprint density at radius 1 is 1.12 bits per heavy atom. The number of benzene rings is 1. The van der Waals surface area contributed by atoms with Crippen LogP contribution in [0.2, 0.25) is 0 Å². The summed E-state index contributed by atoms with van der Waals surface area (Å²) in [4.78, 5) is 26.6. The zero-order valence-corrected chi connectivity index (χ0v) is 18.0. The highest BCUT2D eigenvalue weighted by Gasteiger charge is 2.22. The maximum Gasteiger partial charge on any atom is 0.262 e. The van der Waals surface area contributed by atoms with Gasteiger partial charge < -0.3 is 31.0 Å². The minimum absolute atomic E-state index is 0.0949. The van der Waals surface area contributed by atoms with E-state index in [2.05, 4.69) is 37.6 Å². The summed E-state index contributed by atoms with van der Waals surface area (Å²) in [5, 5.41) is 7.23. The third kappa shape index (κ3) is 4.39. The Morgan fingerprint density at radius 2 is 1.91 bits per heavy atom. The highest BCUT2D eigenvalue weighted by Crippen LogP contribution is 2.27. The van der Waals surface area contributed by atoms with Gasteiger partial charge in [0.2, 0.25) is 0 Å². The van der Waals surface area contributed by atoms with Gasteiger partial charge in [-0.25, -0.2) is 9.97 Å². The average Bonchev–Trinajstić information content (AvgIpc) is 2.82. The zero-order chi connectivity index (χ0) is 21.9. The first-order valence-corrected chi connectivity index (χ1v) is 11.3. The van der Waals surface area contributed by atoms with Crippen molar-refractivity contribution in [2.75, 3.05) is 41.8 Å². The van der Waals surface area contributed by atoms with Crippen molar-refractivity contribution in [2.24, 2.45) is 5.73 Å². The lowest BCUT2D eigenvalue weighted by atomic mass is 9.91. The Hall–Kier alpha value is -3.17. The van der Waals surface area contributed by atoms with Gasteiger partial charge >= 0.3 is 0 Å². The maximum atomic E-state index is 12.6. The first-order chi connectivity index (χ1) is 15.7. The van der Waals surface area contributed by atoms with E-state index >= 15 is 0 Å². The fourth-order valence-electron chi connectivity index (χ4n) is 4.50. The Kier molecular flexibility index (Phi) is 5.91. The third-order valence-corrected chi connectivity index (χ3v) is 6.28. The van der Waals surface area contributed by atoms with E-state index in [4.69, 9.17) is 15.5 Å². The molecule has 2 aromatic heterocycles. The van der Waals surface area contributed by atoms with Crippen LogP contribution < -0.4 is 26.8 Å². The predicted octanol–water partition coefficient (Wildman–Crippen LogP) is 2.58. The molecule has 5 N–H and O–H groups in total. The molecule has 1 saturated carbocycles. The normalized spacial score (nSPS) is 21.5. The Bertz CT molecular complexity index is 1130. The van der Waals surface area contributed by atoms with Gasteiger partial charge in [-0.1, -0.05) is 12.8 Å². The number of H-pyrrole nitrogens is 1. The fourth-order valence-corrected chi connectivity index (χ4v) is 4.50. The zero-order valence-electron chi connectivity index (χ0n) is 18.0. The largest absolute Gasteiger partial charge is 0.378 e. The molecule has 3 aromatic rings. The Labute approximate surface area is 186 Å². The van der Waals surface area contributed by atoms with E-state index in [0.29, 0.717) is 22.5 Å². The lowest BCUT2D eigenvalue weighted by molar-refractivity contribution is 0.122. The summed E-state index contributed by atoms with van der Waals surface area (Å²) in [7, 11) is 0. The first-order valence-electron chi connectivity index (χ1n) is 11.3. The maximum absolute atomic E-state index is 12.6. The molecule has 2 aliphatic rings. The number of hydrogen-bond acceptors (Lipinski definition) is 8. The number of ether oxygens (including phenoxy) is 1. The van der Waals surface area contributed by atoms with Crippen LogP contribution in [0, 0.1) is 0 Å². The quantitative estimate of drug-likeness (QED) is 0.483. The van der Waals surface area contributed by atoms with E-state index in [0.717, 1.165) is 63.4 Å². The van der Waals surface area contributed by atoms with Crippen molar-refractivity contribution in [2.45, 2.75) is 37.8 Å². The summed E-state index contributed by atoms with van der Waals surface area (Å²) in [6, 6.07) is 10.2. The van der Waals surface area contributed by atoms with Gasteiger partial charge in [-0.3, -0.25) is 4.79 Å². The van der Waals surface area contributed by atoms with Gasteiger partial charge in [0.25, 0.3) is 5.56 Å². The Morgan fingerprint density at radius 3 is 2.69 bits per heavy atom. The van der Waals surface area contributed by atoms with Crippen LogP contribution in [0.3, 0.4) is 0 Å². The first kappa shape index (κ1) is 20.7. The molecule has 0 unspecified atom stereocenters. The second kappa shape index (κ2) is 9.13. The standard InChI is InChI=1S/C23H29N7O2/c24-17-3-1-2-4-18(17)28-20-13-19-21(23(31)26-14-25-19)22(29-20)27-15-5-7-16(8-6-15)30-9-11-32-12-10-30/h5-8,13-14,17-18H,1-4,9-12,24H2,(H,25,26,31)(H2,27,28,29)/t17-,18-/m0/s1. The van der Waals surface area contributed by atoms with Gasteiger partial charge in [-0.05, 0) is 37.1 Å². The fraction of sp³-hybridized carbons (Fsp3) is 0.435. The molecule has 3 heterocycles. The molecule has 0 bridgehead atoms. The van der Waals surface area contributed by atoms with Crippen LogP contribution >= 0.6 is 0 Å². The molecule has 0 spiro atoms. The lowest BCUT2D eigenvalue weighted by Gasteiger charge is -2.30. The number of morpholine rings is 1. The van der Waals surface area contributed by atoms with Crippen molar-refractivity contribution < 1.29 is 4.74 Å². The van der Waals surface area contributed by atoms with Crippen LogP contribution in [0.5, 0.6) is 0 Å². The van der Waals surface area contributed by atoms with Crippen LogP contribution in [-0.2, 0) is 4.74 Å². The molecule has 9 nitrogen and oxygen atoms in total. The number of nitrogens with one attached hydrogen (secondary N) is 3. The minimum atomic E-state index is -0.226. The molecule has 0 amide bonds. The van der Waals surface area contributed by atoms with E-state index in [-0.39, 0.29) is 17.6 Å². The highest BCUT2D eigenvalue weighted by molar-refractivity contribution is 5.92. The predicted molar refractivity (Wildman–Crippen MR) is 127 cm³/mol. The summed E-state index contributed by atoms with van der Waals surface area (Å²) in [6.07, 6.45) is 5.74. The molecular formula is C23H29N7O2. The van der Waals surface area contributed by atoms with Crippen molar-refractivity contribution in [1.29, 1.82) is 0 Å². The second-order valence-electron chi connectivity index (χ2n) is 8.45. The number of fused-ring (bicyclic) bond motifs is 1. The van der Waals surface area contributed by atoms with Crippen molar-refractivity contribution >= 4 is 33.9 Å². The molecule has 9 heteroatoms. The molecule has 2 atom stereocenters. The molecule has 2 fully saturated rings. The van der Waals surface area contributed by atoms with Gasteiger partial charge in [0, 0.05) is 42.6 Å². The summed E-state index contributed by atoms with van der Waals surface area (Å²) >= 11 is 0. The molecule has 1 aliphatic carbocycles. The van der Waals surface area contributed by atoms with Crippen molar-refractivity contribution in [3.05, 3.63) is 47.0 Å². The summed E-state index contributed by atoms with van der Waals surface area (Å²) in [6.45, 7) is 3.26. The molecule has 5 rings (SSSR count). The number of aromatic amines is 1. The van der Waals surface area contributed by atoms with Crippen LogP contribution in [0.25, 0.3) is 10.9 Å². The topological polar surface area (TPSA) is 121 Å². The molecule has 168 valence electrons. The summed E-state index contributed by atoms with van der Waals surface area (Å²) < 4.78 is 5.43. The Balaban J connectivity index is 1.43. The van der Waals surface area contributed by atoms with E-state index in [1.807, 2.05) is 18.2 Å². The molecule has 1 saturated heterocycles. The van der Waals surface area contributed by atoms with Gasteiger partial charge in [-0.2, -0.15) is 0 Å². The van der Waals surface area contributed by atoms with E-state index in [1.54, 1.807) is 0 Å². The van der Waals surface area contributed by atoms with E-state index < -0.39 is 0 Å². The van der Waals surface area contributed by atoms with Crippen LogP contribution in [-0.4, -0.2) is 53.3 Å². The summed E-state index contributed by atoms with van der Waals surface area (Å²) in [5.74, 6) is 1.15. The van der Waals surface area contributed by atoms with E-state index in [9.17, 15) is 4.79 Å². The van der Waals surface area contributed by atoms with Crippen LogP contribution in [0.1, 0.15) is 25.7 Å². The van der Waals surface area contributed by atoms with Crippen molar-refractivity contribution in [3.8, 4) is 0 Å². The van der Waals surface area contributed by atoms with Crippen molar-refractivity contribution in [1.82, 2.24) is 15.0 Å². The monoisotopic (exact) mass is 435 g/mol. The van der Waals surface area contributed by atoms with Crippen LogP contribution in [0.15, 0.2) is 41.5 Å². The smallest absolute Gasteiger partial charge is 0.262 e. The average molecular weight is 436 g/mol. The van der Waals surface area contributed by atoms with E-state index in [1.165, 1.54) is 6.33 Å². The summed E-state index contributed by atoms with van der Waals surface area (Å²) in [5.41, 5.74) is 8.68. The number of nitrogens with two attached hydrogens (primary N) is 1. The second-order valence-corrected chi connectivity index (χ2v) is 8.45. The molecule has 0 radical (unpaired) electrons. The molecular weight excluding hydrogens is 406 g/mol. The third-order valence-electron chi connectivity index (χ3n) is 6.28. The van der Waals surface area contributed by atoms with Gasteiger partial charge in [0.15, 0.2) is 0 Å². The van der Waals surface area contributed by atoms with Gasteiger partial charge in [-0.15, -0.1) is 0 Å². The lowest BCUT2D eigenvalue weighted by Crippen LogP contribution is -2.42. The molecule has 32 heavy (non-hydrogen) atoms. The SMILES string of the molecule is N[C@H]1CCCC[C@@H]1Nc1cc2nc[nH]c(=O)c2c(Nc2ccc(N3CCOCC3)cc2)n1. The number of hydrogen-bond donors (Lipinski definition) is 4. The minimum Gasteiger partial charge on any atom is -0.378 e. The number of rotatable bonds is 5. The van der Waals surface area contributed by atoms with Gasteiger partial charge in [0.05, 0.1) is 25.1 Å². The highest BCUT2D eigenvalue weighted by atomic mass is 16.5.